The van der Waals surface area contributed by atoms with E-state index in [-0.39, 0.29) is 5.76 Å². The largest absolute Gasteiger partial charge is 0.497 e. The Hall–Kier alpha value is -2.23. The predicted molar refractivity (Wildman–Crippen MR) is 70.9 cm³/mol. The topological polar surface area (TPSA) is 59.7 Å². The van der Waals surface area contributed by atoms with Gasteiger partial charge < -0.3 is 14.3 Å². The molecule has 0 aliphatic carbocycles. The first-order valence-corrected chi connectivity index (χ1v) is 5.97. The highest BCUT2D eigenvalue weighted by Gasteiger charge is 2.12. The fourth-order valence-corrected chi connectivity index (χ4v) is 2.11. The summed E-state index contributed by atoms with van der Waals surface area (Å²) in [6.07, 6.45) is 0.578. The van der Waals surface area contributed by atoms with Gasteiger partial charge in [0.15, 0.2) is 0 Å². The summed E-state index contributed by atoms with van der Waals surface area (Å²) in [4.78, 5) is 10.8. The van der Waals surface area contributed by atoms with E-state index in [9.17, 15) is 4.79 Å². The normalized spacial score (nSPS) is 10.5. The third-order valence-corrected chi connectivity index (χ3v) is 3.13. The van der Waals surface area contributed by atoms with Crippen LogP contribution >= 0.6 is 0 Å². The van der Waals surface area contributed by atoms with Crippen molar-refractivity contribution in [3.63, 3.8) is 0 Å². The molecule has 1 aromatic heterocycles. The highest BCUT2D eigenvalue weighted by Crippen LogP contribution is 2.24. The zero-order chi connectivity index (χ0) is 14.0. The molecule has 0 bridgehead atoms. The lowest BCUT2D eigenvalue weighted by Gasteiger charge is -2.11. The molecule has 4 nitrogen and oxygen atoms in total. The lowest BCUT2D eigenvalue weighted by Crippen LogP contribution is -1.97. The number of carboxylic acid groups (broad SMARTS) is 1. The van der Waals surface area contributed by atoms with E-state index in [0.29, 0.717) is 12.2 Å². The molecule has 19 heavy (non-hydrogen) atoms. The second-order valence-electron chi connectivity index (χ2n) is 4.49. The summed E-state index contributed by atoms with van der Waals surface area (Å²) in [5.74, 6) is 0.395. The number of hydrogen-bond acceptors (Lipinski definition) is 3. The summed E-state index contributed by atoms with van der Waals surface area (Å²) in [5, 5.41) is 8.83. The lowest BCUT2D eigenvalue weighted by molar-refractivity contribution is 0.0660. The van der Waals surface area contributed by atoms with Crippen molar-refractivity contribution in [1.29, 1.82) is 0 Å². The number of carboxylic acids is 1. The van der Waals surface area contributed by atoms with E-state index in [1.54, 1.807) is 13.2 Å². The zero-order valence-electron chi connectivity index (χ0n) is 11.2. The summed E-state index contributed by atoms with van der Waals surface area (Å²) in [7, 11) is 1.64. The molecule has 0 aliphatic rings. The molecule has 100 valence electrons. The van der Waals surface area contributed by atoms with E-state index >= 15 is 0 Å². The van der Waals surface area contributed by atoms with Crippen LogP contribution in [0.4, 0.5) is 0 Å². The van der Waals surface area contributed by atoms with E-state index < -0.39 is 5.97 Å². The summed E-state index contributed by atoms with van der Waals surface area (Å²) in [5.41, 5.74) is 3.34. The molecule has 1 aromatic carbocycles. The summed E-state index contributed by atoms with van der Waals surface area (Å²) < 4.78 is 10.5. The summed E-state index contributed by atoms with van der Waals surface area (Å²) in [6, 6.07) is 7.10. The maximum atomic E-state index is 10.8. The van der Waals surface area contributed by atoms with Crippen LogP contribution in [0.3, 0.4) is 0 Å². The molecule has 1 heterocycles. The van der Waals surface area contributed by atoms with Crippen molar-refractivity contribution in [1.82, 2.24) is 0 Å². The van der Waals surface area contributed by atoms with Gasteiger partial charge in [-0.2, -0.15) is 0 Å². The number of rotatable bonds is 4. The number of methoxy groups -OCH3 is 1. The Kier molecular flexibility index (Phi) is 3.60. The second kappa shape index (κ2) is 5.18. The van der Waals surface area contributed by atoms with Crippen molar-refractivity contribution in [2.75, 3.05) is 7.11 Å². The third kappa shape index (κ3) is 2.78. The molecule has 1 N–H and O–H groups in total. The molecule has 0 unspecified atom stereocenters. The molecule has 4 heteroatoms. The van der Waals surface area contributed by atoms with Gasteiger partial charge in [0, 0.05) is 6.42 Å². The van der Waals surface area contributed by atoms with Crippen molar-refractivity contribution < 1.29 is 19.1 Å². The Balaban J connectivity index is 2.30. The van der Waals surface area contributed by atoms with E-state index in [1.165, 1.54) is 6.07 Å². The Bertz CT molecular complexity index is 587. The van der Waals surface area contributed by atoms with E-state index in [0.717, 1.165) is 22.4 Å². The Morgan fingerprint density at radius 3 is 2.37 bits per heavy atom. The standard InChI is InChI=1S/C15H16O4/c1-9-6-12(18-3)7-10(2)13(9)8-11-4-5-14(19-11)15(16)17/h4-7H,8H2,1-3H3,(H,16,17). The number of benzene rings is 1. The average molecular weight is 260 g/mol. The van der Waals surface area contributed by atoms with Crippen molar-refractivity contribution in [2.24, 2.45) is 0 Å². The summed E-state index contributed by atoms with van der Waals surface area (Å²) in [6.45, 7) is 4.01. The highest BCUT2D eigenvalue weighted by molar-refractivity contribution is 5.84. The fourth-order valence-electron chi connectivity index (χ4n) is 2.11. The van der Waals surface area contributed by atoms with Gasteiger partial charge in [-0.1, -0.05) is 0 Å². The Labute approximate surface area is 111 Å². The molecular weight excluding hydrogens is 244 g/mol. The molecule has 0 spiro atoms. The minimum atomic E-state index is -1.05. The van der Waals surface area contributed by atoms with Crippen LogP contribution in [0.2, 0.25) is 0 Å². The van der Waals surface area contributed by atoms with Crippen molar-refractivity contribution >= 4 is 5.97 Å². The van der Waals surface area contributed by atoms with Crippen LogP contribution in [0.15, 0.2) is 28.7 Å². The number of aryl methyl sites for hydroxylation is 2. The van der Waals surface area contributed by atoms with Gasteiger partial charge in [0.1, 0.15) is 11.5 Å². The molecule has 0 saturated carbocycles. The first kappa shape index (κ1) is 13.2. The fraction of sp³-hybridized carbons (Fsp3) is 0.267. The van der Waals surface area contributed by atoms with Crippen LogP contribution in [0.5, 0.6) is 5.75 Å². The molecule has 0 saturated heterocycles. The average Bonchev–Trinajstić information content (AvgIpc) is 2.82. The van der Waals surface area contributed by atoms with Crippen LogP contribution in [-0.2, 0) is 6.42 Å². The molecular formula is C15H16O4. The Morgan fingerprint density at radius 1 is 1.26 bits per heavy atom. The number of ether oxygens (including phenoxy) is 1. The second-order valence-corrected chi connectivity index (χ2v) is 4.49. The van der Waals surface area contributed by atoms with Crippen LogP contribution < -0.4 is 4.74 Å². The molecule has 2 aromatic rings. The zero-order valence-corrected chi connectivity index (χ0v) is 11.2. The highest BCUT2D eigenvalue weighted by atomic mass is 16.5. The molecule has 0 aliphatic heterocycles. The molecule has 0 amide bonds. The molecule has 2 rings (SSSR count). The first-order chi connectivity index (χ1) is 9.01. The van der Waals surface area contributed by atoms with Crippen LogP contribution in [-0.4, -0.2) is 18.2 Å². The van der Waals surface area contributed by atoms with Gasteiger partial charge in [0.25, 0.3) is 0 Å². The quantitative estimate of drug-likeness (QED) is 0.917. The smallest absolute Gasteiger partial charge is 0.371 e. The van der Waals surface area contributed by atoms with Gasteiger partial charge in [0.2, 0.25) is 5.76 Å². The van der Waals surface area contributed by atoms with Crippen LogP contribution in [0, 0.1) is 13.8 Å². The van der Waals surface area contributed by atoms with Crippen molar-refractivity contribution in [3.05, 3.63) is 52.5 Å². The van der Waals surface area contributed by atoms with Gasteiger partial charge >= 0.3 is 5.97 Å². The third-order valence-electron chi connectivity index (χ3n) is 3.13. The monoisotopic (exact) mass is 260 g/mol. The van der Waals surface area contributed by atoms with Gasteiger partial charge in [-0.05, 0) is 54.8 Å². The van der Waals surface area contributed by atoms with Gasteiger partial charge in [-0.15, -0.1) is 0 Å². The predicted octanol–water partition coefficient (Wildman–Crippen LogP) is 3.19. The molecule has 0 radical (unpaired) electrons. The number of aromatic carboxylic acids is 1. The minimum Gasteiger partial charge on any atom is -0.497 e. The Morgan fingerprint density at radius 2 is 1.89 bits per heavy atom. The molecule has 0 atom stereocenters. The van der Waals surface area contributed by atoms with E-state index in [1.807, 2.05) is 26.0 Å². The van der Waals surface area contributed by atoms with E-state index in [2.05, 4.69) is 0 Å². The van der Waals surface area contributed by atoms with Crippen LogP contribution in [0.25, 0.3) is 0 Å². The lowest BCUT2D eigenvalue weighted by atomic mass is 9.98. The van der Waals surface area contributed by atoms with Crippen molar-refractivity contribution in [2.45, 2.75) is 20.3 Å². The van der Waals surface area contributed by atoms with Gasteiger partial charge in [-0.3, -0.25) is 0 Å². The van der Waals surface area contributed by atoms with Crippen LogP contribution in [0.1, 0.15) is 33.0 Å². The van der Waals surface area contributed by atoms with Gasteiger partial charge in [0.05, 0.1) is 7.11 Å². The van der Waals surface area contributed by atoms with Gasteiger partial charge in [-0.25, -0.2) is 4.79 Å². The number of carbonyl (C=O) groups is 1. The SMILES string of the molecule is COc1cc(C)c(Cc2ccc(C(=O)O)o2)c(C)c1. The number of hydrogen-bond donors (Lipinski definition) is 1. The maximum absolute atomic E-state index is 10.8. The maximum Gasteiger partial charge on any atom is 0.371 e. The van der Waals surface area contributed by atoms with Crippen molar-refractivity contribution in [3.8, 4) is 5.75 Å². The number of furan rings is 1. The molecule has 0 fully saturated rings. The first-order valence-electron chi connectivity index (χ1n) is 5.97. The minimum absolute atomic E-state index is 0.0289. The summed E-state index contributed by atoms with van der Waals surface area (Å²) >= 11 is 0. The van der Waals surface area contributed by atoms with E-state index in [4.69, 9.17) is 14.3 Å².